The smallest absolute Gasteiger partial charge is 0.0889 e. The molecule has 4 heteroatoms. The Balaban J connectivity index is 1.95. The second kappa shape index (κ2) is 3.24. The molecule has 0 saturated carbocycles. The van der Waals surface area contributed by atoms with Gasteiger partial charge in [0.1, 0.15) is 0 Å². The monoisotopic (exact) mass is 227 g/mol. The van der Waals surface area contributed by atoms with E-state index in [1.54, 1.807) is 12.4 Å². The molecule has 2 aliphatic rings. The van der Waals surface area contributed by atoms with E-state index in [1.807, 2.05) is 0 Å². The van der Waals surface area contributed by atoms with Crippen molar-refractivity contribution in [2.75, 3.05) is 13.1 Å². The van der Waals surface area contributed by atoms with Gasteiger partial charge in [-0.25, -0.2) is 0 Å². The fourth-order valence-corrected chi connectivity index (χ4v) is 3.28. The summed E-state index contributed by atoms with van der Waals surface area (Å²) < 4.78 is 0. The van der Waals surface area contributed by atoms with E-state index in [9.17, 15) is 5.21 Å². The first-order valence-corrected chi connectivity index (χ1v) is 5.99. The number of piperidine rings is 1. The Morgan fingerprint density at radius 1 is 1.00 bits per heavy atom. The number of fused-ring (bicyclic) bond motifs is 6. The van der Waals surface area contributed by atoms with Gasteiger partial charge in [-0.05, 0) is 41.5 Å². The van der Waals surface area contributed by atoms with Crippen LogP contribution in [0.1, 0.15) is 29.4 Å². The first-order valence-electron chi connectivity index (χ1n) is 5.99. The molecule has 17 heavy (non-hydrogen) atoms. The highest BCUT2D eigenvalue weighted by Gasteiger charge is 2.37. The summed E-state index contributed by atoms with van der Waals surface area (Å²) in [6.45, 7) is 1.49. The van der Waals surface area contributed by atoms with Gasteiger partial charge in [-0.2, -0.15) is 5.06 Å². The molecule has 4 rings (SSSR count). The maximum Gasteiger partial charge on any atom is 0.0889 e. The van der Waals surface area contributed by atoms with E-state index >= 15 is 0 Å². The molecular formula is C13H13N3O. The van der Waals surface area contributed by atoms with Crippen molar-refractivity contribution in [2.45, 2.75) is 18.3 Å². The van der Waals surface area contributed by atoms with Crippen LogP contribution in [0.5, 0.6) is 0 Å². The van der Waals surface area contributed by atoms with Crippen molar-refractivity contribution in [3.05, 3.63) is 35.7 Å². The van der Waals surface area contributed by atoms with Gasteiger partial charge in [-0.15, -0.1) is 0 Å². The summed E-state index contributed by atoms with van der Waals surface area (Å²) in [6.07, 6.45) is 4.62. The molecule has 2 bridgehead atoms. The lowest BCUT2D eigenvalue weighted by Gasteiger charge is -2.26. The van der Waals surface area contributed by atoms with E-state index in [0.29, 0.717) is 11.8 Å². The molecular weight excluding hydrogens is 214 g/mol. The summed E-state index contributed by atoms with van der Waals surface area (Å²) in [4.78, 5) is 8.71. The van der Waals surface area contributed by atoms with Gasteiger partial charge in [0.15, 0.2) is 0 Å². The predicted molar refractivity (Wildman–Crippen MR) is 63.0 cm³/mol. The topological polar surface area (TPSA) is 49.2 Å². The summed E-state index contributed by atoms with van der Waals surface area (Å²) >= 11 is 0. The summed E-state index contributed by atoms with van der Waals surface area (Å²) in [5, 5.41) is 11.2. The maximum atomic E-state index is 9.70. The Morgan fingerprint density at radius 2 is 1.53 bits per heavy atom. The van der Waals surface area contributed by atoms with E-state index < -0.39 is 0 Å². The average Bonchev–Trinajstić information content (AvgIpc) is 2.59. The second-order valence-electron chi connectivity index (χ2n) is 5.03. The van der Waals surface area contributed by atoms with Crippen molar-refractivity contribution >= 4 is 11.0 Å². The van der Waals surface area contributed by atoms with Crippen LogP contribution in [-0.4, -0.2) is 33.3 Å². The number of hydrogen-bond acceptors (Lipinski definition) is 4. The number of nitrogens with zero attached hydrogens (tertiary/aromatic N) is 3. The molecule has 2 atom stereocenters. The van der Waals surface area contributed by atoms with E-state index in [2.05, 4.69) is 22.1 Å². The van der Waals surface area contributed by atoms with Crippen LogP contribution < -0.4 is 0 Å². The molecule has 86 valence electrons. The Morgan fingerprint density at radius 3 is 2.06 bits per heavy atom. The highest BCUT2D eigenvalue weighted by Crippen LogP contribution is 2.46. The number of hydroxylamine groups is 2. The quantitative estimate of drug-likeness (QED) is 0.746. The lowest BCUT2D eigenvalue weighted by Crippen LogP contribution is -2.31. The minimum absolute atomic E-state index is 0.458. The maximum absolute atomic E-state index is 9.70. The van der Waals surface area contributed by atoms with Crippen LogP contribution >= 0.6 is 0 Å². The first kappa shape index (κ1) is 9.50. The number of hydrogen-bond donors (Lipinski definition) is 1. The standard InChI is InChI=1S/C13H13N3O/c17-16-6-8-3-9(7-16)11-5-13-12(4-10(8)11)14-1-2-15-13/h1-2,4-5,8-9,17H,3,6-7H2/t8-,9+. The van der Waals surface area contributed by atoms with Gasteiger partial charge in [-0.3, -0.25) is 9.97 Å². The molecule has 1 N–H and O–H groups in total. The van der Waals surface area contributed by atoms with Crippen LogP contribution in [0.3, 0.4) is 0 Å². The lowest BCUT2D eigenvalue weighted by atomic mass is 9.97. The van der Waals surface area contributed by atoms with Crippen molar-refractivity contribution in [1.82, 2.24) is 15.0 Å². The number of rotatable bonds is 0. The summed E-state index contributed by atoms with van der Waals surface area (Å²) in [5.74, 6) is 0.917. The first-order chi connectivity index (χ1) is 8.31. The van der Waals surface area contributed by atoms with Crippen molar-refractivity contribution in [3.8, 4) is 0 Å². The lowest BCUT2D eigenvalue weighted by molar-refractivity contribution is -0.110. The molecule has 1 aliphatic heterocycles. The largest absolute Gasteiger partial charge is 0.314 e. The number of benzene rings is 1. The fraction of sp³-hybridized carbons (Fsp3) is 0.385. The van der Waals surface area contributed by atoms with Crippen LogP contribution in [0.15, 0.2) is 24.5 Å². The highest BCUT2D eigenvalue weighted by molar-refractivity contribution is 5.77. The molecule has 1 aliphatic carbocycles. The minimum Gasteiger partial charge on any atom is -0.314 e. The highest BCUT2D eigenvalue weighted by atomic mass is 16.5. The van der Waals surface area contributed by atoms with Gasteiger partial charge in [0.05, 0.1) is 11.0 Å². The molecule has 0 radical (unpaired) electrons. The van der Waals surface area contributed by atoms with Gasteiger partial charge >= 0.3 is 0 Å². The average molecular weight is 227 g/mol. The zero-order valence-corrected chi connectivity index (χ0v) is 9.37. The van der Waals surface area contributed by atoms with Crippen LogP contribution in [0, 0.1) is 0 Å². The van der Waals surface area contributed by atoms with Gasteiger partial charge < -0.3 is 5.21 Å². The summed E-state index contributed by atoms with van der Waals surface area (Å²) in [7, 11) is 0. The SMILES string of the molecule is ON1C[C@H]2C[C@@H](C1)c1cc3nccnc3cc12. The second-order valence-corrected chi connectivity index (χ2v) is 5.03. The van der Waals surface area contributed by atoms with Crippen LogP contribution in [-0.2, 0) is 0 Å². The Labute approximate surface area is 98.9 Å². The van der Waals surface area contributed by atoms with Gasteiger partial charge in [0, 0.05) is 25.5 Å². The normalized spacial score (nSPS) is 27.4. The molecule has 1 aromatic carbocycles. The van der Waals surface area contributed by atoms with E-state index in [-0.39, 0.29) is 0 Å². The Bertz CT molecular complexity index is 548. The number of aromatic nitrogens is 2. The third-order valence-corrected chi connectivity index (χ3v) is 3.99. The van der Waals surface area contributed by atoms with Crippen molar-refractivity contribution < 1.29 is 5.21 Å². The minimum atomic E-state index is 0.458. The van der Waals surface area contributed by atoms with Crippen molar-refractivity contribution in [2.24, 2.45) is 0 Å². The van der Waals surface area contributed by atoms with Crippen molar-refractivity contribution in [3.63, 3.8) is 0 Å². The van der Waals surface area contributed by atoms with Gasteiger partial charge in [-0.1, -0.05) is 0 Å². The van der Waals surface area contributed by atoms with Crippen LogP contribution in [0.2, 0.25) is 0 Å². The van der Waals surface area contributed by atoms with Gasteiger partial charge in [0.2, 0.25) is 0 Å². The molecule has 0 amide bonds. The van der Waals surface area contributed by atoms with Crippen molar-refractivity contribution in [1.29, 1.82) is 0 Å². The van der Waals surface area contributed by atoms with Gasteiger partial charge in [0.25, 0.3) is 0 Å². The summed E-state index contributed by atoms with van der Waals surface area (Å²) in [6, 6.07) is 4.31. The van der Waals surface area contributed by atoms with Crippen LogP contribution in [0.25, 0.3) is 11.0 Å². The molecule has 1 aromatic heterocycles. The molecule has 2 heterocycles. The molecule has 1 saturated heterocycles. The third-order valence-electron chi connectivity index (χ3n) is 3.99. The molecule has 0 spiro atoms. The Hall–Kier alpha value is -1.52. The Kier molecular flexibility index (Phi) is 1.81. The molecule has 4 nitrogen and oxygen atoms in total. The molecule has 1 fully saturated rings. The van der Waals surface area contributed by atoms with Crippen LogP contribution in [0.4, 0.5) is 0 Å². The van der Waals surface area contributed by atoms with E-state index in [4.69, 9.17) is 0 Å². The zero-order chi connectivity index (χ0) is 11.4. The third kappa shape index (κ3) is 1.31. The molecule has 0 unspecified atom stereocenters. The zero-order valence-electron chi connectivity index (χ0n) is 9.37. The fourth-order valence-electron chi connectivity index (χ4n) is 3.28. The summed E-state index contributed by atoms with van der Waals surface area (Å²) in [5.41, 5.74) is 4.64. The molecule has 2 aromatic rings. The van der Waals surface area contributed by atoms with E-state index in [0.717, 1.165) is 30.5 Å². The predicted octanol–water partition coefficient (Wildman–Crippen LogP) is 1.91. The van der Waals surface area contributed by atoms with E-state index in [1.165, 1.54) is 16.2 Å².